The van der Waals surface area contributed by atoms with E-state index >= 15 is 0 Å². The third kappa shape index (κ3) is 8.60. The average molecular weight is 379 g/mol. The predicted octanol–water partition coefficient (Wildman–Crippen LogP) is 5.97. The summed E-state index contributed by atoms with van der Waals surface area (Å²) in [5.74, 6) is 2.00. The maximum Gasteiger partial charge on any atom is 0.405 e. The van der Waals surface area contributed by atoms with E-state index < -0.39 is 12.2 Å². The van der Waals surface area contributed by atoms with Crippen LogP contribution in [0, 0.1) is 11.8 Å². The lowest BCUT2D eigenvalue weighted by atomic mass is 9.84. The van der Waals surface area contributed by atoms with Crippen LogP contribution < -0.4 is 0 Å². The van der Waals surface area contributed by atoms with Crippen LogP contribution >= 0.6 is 0 Å². The molecule has 2 nitrogen and oxygen atoms in total. The van der Waals surface area contributed by atoms with Crippen LogP contribution in [-0.4, -0.2) is 54.2 Å². The zero-order chi connectivity index (χ0) is 19.7. The molecule has 2 aliphatic rings. The number of hydrogen-bond acceptors (Lipinski definition) is 2. The van der Waals surface area contributed by atoms with Crippen LogP contribution in [0.1, 0.15) is 79.6 Å². The highest BCUT2D eigenvalue weighted by Crippen LogP contribution is 2.29. The van der Waals surface area contributed by atoms with E-state index in [1.54, 1.807) is 4.90 Å². The highest BCUT2D eigenvalue weighted by atomic mass is 19.4. The third-order valence-electron chi connectivity index (χ3n) is 5.67. The molecule has 0 spiro atoms. The van der Waals surface area contributed by atoms with Crippen molar-refractivity contribution in [3.8, 4) is 0 Å². The first-order valence-electron chi connectivity index (χ1n) is 10.7. The van der Waals surface area contributed by atoms with Crippen LogP contribution in [0.5, 0.6) is 0 Å². The number of nitrogens with zero attached hydrogens (tertiary/aromatic N) is 2. The number of halogens is 3. The molecule has 0 amide bonds. The molecule has 0 bridgehead atoms. The number of piperazine rings is 1. The predicted molar refractivity (Wildman–Crippen MR) is 104 cm³/mol. The fourth-order valence-electron chi connectivity index (χ4n) is 4.27. The molecule has 1 aliphatic heterocycles. The van der Waals surface area contributed by atoms with E-state index in [0.717, 1.165) is 24.8 Å². The van der Waals surface area contributed by atoms with E-state index in [1.807, 2.05) is 25.7 Å². The molecule has 1 heterocycles. The molecule has 0 N–H and O–H groups in total. The highest BCUT2D eigenvalue weighted by Gasteiger charge is 2.46. The summed E-state index contributed by atoms with van der Waals surface area (Å²) < 4.78 is 38.6. The monoisotopic (exact) mass is 378 g/mol. The Labute approximate surface area is 159 Å². The van der Waals surface area contributed by atoms with Crippen LogP contribution in [0.4, 0.5) is 13.2 Å². The summed E-state index contributed by atoms with van der Waals surface area (Å²) in [6.45, 7) is 12.4. The largest absolute Gasteiger partial charge is 0.405 e. The number of rotatable bonds is 5. The SMILES string of the molecule is CC(C)CC1CCCCC1.CCCN1CCN(C(C)C)CC1C(F)(F)F. The zero-order valence-corrected chi connectivity index (χ0v) is 17.6. The summed E-state index contributed by atoms with van der Waals surface area (Å²) in [7, 11) is 0. The average Bonchev–Trinajstić information content (AvgIpc) is 2.55. The summed E-state index contributed by atoms with van der Waals surface area (Å²) in [5.41, 5.74) is 0. The second-order valence-electron chi connectivity index (χ2n) is 8.82. The molecule has 1 unspecified atom stereocenters. The Hall–Kier alpha value is -0.290. The van der Waals surface area contributed by atoms with E-state index in [0.29, 0.717) is 13.1 Å². The Morgan fingerprint density at radius 1 is 0.962 bits per heavy atom. The first-order chi connectivity index (χ1) is 12.1. The second-order valence-corrected chi connectivity index (χ2v) is 8.82. The van der Waals surface area contributed by atoms with Gasteiger partial charge < -0.3 is 0 Å². The van der Waals surface area contributed by atoms with Crippen molar-refractivity contribution in [3.05, 3.63) is 0 Å². The van der Waals surface area contributed by atoms with Gasteiger partial charge in [-0.05, 0) is 45.1 Å². The van der Waals surface area contributed by atoms with Gasteiger partial charge in [-0.15, -0.1) is 0 Å². The van der Waals surface area contributed by atoms with Gasteiger partial charge in [-0.2, -0.15) is 13.2 Å². The Kier molecular flexibility index (Phi) is 10.5. The maximum atomic E-state index is 12.9. The molecule has 5 heteroatoms. The van der Waals surface area contributed by atoms with Crippen LogP contribution in [0.25, 0.3) is 0 Å². The van der Waals surface area contributed by atoms with Gasteiger partial charge in [-0.25, -0.2) is 0 Å². The fraction of sp³-hybridized carbons (Fsp3) is 1.00. The quantitative estimate of drug-likeness (QED) is 0.582. The Morgan fingerprint density at radius 3 is 2.04 bits per heavy atom. The fourth-order valence-corrected chi connectivity index (χ4v) is 4.27. The van der Waals surface area contributed by atoms with E-state index in [2.05, 4.69) is 13.8 Å². The lowest BCUT2D eigenvalue weighted by molar-refractivity contribution is -0.198. The minimum atomic E-state index is -4.11. The molecule has 1 saturated heterocycles. The number of alkyl halides is 3. The van der Waals surface area contributed by atoms with Gasteiger partial charge in [0.15, 0.2) is 0 Å². The molecule has 2 rings (SSSR count). The van der Waals surface area contributed by atoms with Crippen molar-refractivity contribution in [2.45, 2.75) is 97.8 Å². The molecule has 0 radical (unpaired) electrons. The van der Waals surface area contributed by atoms with Gasteiger partial charge in [0, 0.05) is 25.7 Å². The topological polar surface area (TPSA) is 6.48 Å². The summed E-state index contributed by atoms with van der Waals surface area (Å²) in [5, 5.41) is 0. The maximum absolute atomic E-state index is 12.9. The minimum Gasteiger partial charge on any atom is -0.298 e. The second kappa shape index (κ2) is 11.5. The molecule has 26 heavy (non-hydrogen) atoms. The van der Waals surface area contributed by atoms with Crippen molar-refractivity contribution in [1.82, 2.24) is 9.80 Å². The van der Waals surface area contributed by atoms with Gasteiger partial charge in [-0.1, -0.05) is 52.9 Å². The van der Waals surface area contributed by atoms with Gasteiger partial charge in [0.2, 0.25) is 0 Å². The standard InChI is InChI=1S/C11H21F3N2.C10H20/c1-4-5-15-6-7-16(9(2)3)8-10(15)11(12,13)14;1-9(2)8-10-6-4-3-5-7-10/h9-10H,4-8H2,1-3H3;9-10H,3-8H2,1-2H3. The van der Waals surface area contributed by atoms with E-state index in [9.17, 15) is 13.2 Å². The van der Waals surface area contributed by atoms with E-state index in [4.69, 9.17) is 0 Å². The molecule has 0 aromatic rings. The van der Waals surface area contributed by atoms with Gasteiger partial charge in [0.1, 0.15) is 6.04 Å². The van der Waals surface area contributed by atoms with Crippen molar-refractivity contribution in [2.24, 2.45) is 11.8 Å². The highest BCUT2D eigenvalue weighted by molar-refractivity contribution is 4.88. The lowest BCUT2D eigenvalue weighted by Gasteiger charge is -2.43. The molecule has 1 saturated carbocycles. The summed E-state index contributed by atoms with van der Waals surface area (Å²) in [4.78, 5) is 3.48. The van der Waals surface area contributed by atoms with E-state index in [-0.39, 0.29) is 12.6 Å². The smallest absolute Gasteiger partial charge is 0.298 e. The van der Waals surface area contributed by atoms with Crippen molar-refractivity contribution in [3.63, 3.8) is 0 Å². The third-order valence-corrected chi connectivity index (χ3v) is 5.67. The summed E-state index contributed by atoms with van der Waals surface area (Å²) in [6, 6.07) is -1.10. The first kappa shape index (κ1) is 23.7. The van der Waals surface area contributed by atoms with Gasteiger partial charge in [0.25, 0.3) is 0 Å². The van der Waals surface area contributed by atoms with Gasteiger partial charge >= 0.3 is 6.18 Å². The molecular weight excluding hydrogens is 337 g/mol. The van der Waals surface area contributed by atoms with Crippen molar-refractivity contribution in [1.29, 1.82) is 0 Å². The minimum absolute atomic E-state index is 0.112. The first-order valence-corrected chi connectivity index (χ1v) is 10.7. The van der Waals surface area contributed by atoms with E-state index in [1.165, 1.54) is 38.5 Å². The zero-order valence-electron chi connectivity index (χ0n) is 17.6. The Balaban J connectivity index is 0.000000289. The molecule has 156 valence electrons. The number of hydrogen-bond donors (Lipinski definition) is 0. The molecular formula is C21H41F3N2. The van der Waals surface area contributed by atoms with Gasteiger partial charge in [0.05, 0.1) is 0 Å². The summed E-state index contributed by atoms with van der Waals surface area (Å²) >= 11 is 0. The normalized spacial score (nSPS) is 24.0. The molecule has 0 aromatic carbocycles. The molecule has 1 aliphatic carbocycles. The van der Waals surface area contributed by atoms with Crippen molar-refractivity contribution >= 4 is 0 Å². The van der Waals surface area contributed by atoms with Crippen LogP contribution in [0.3, 0.4) is 0 Å². The lowest BCUT2D eigenvalue weighted by Crippen LogP contribution is -2.60. The molecule has 0 aromatic heterocycles. The Bertz CT molecular complexity index is 363. The van der Waals surface area contributed by atoms with Crippen LogP contribution in [-0.2, 0) is 0 Å². The Morgan fingerprint density at radius 2 is 1.58 bits per heavy atom. The molecule has 1 atom stereocenters. The van der Waals surface area contributed by atoms with Crippen molar-refractivity contribution < 1.29 is 13.2 Å². The van der Waals surface area contributed by atoms with Gasteiger partial charge in [-0.3, -0.25) is 9.80 Å². The van der Waals surface area contributed by atoms with Crippen LogP contribution in [0.15, 0.2) is 0 Å². The summed E-state index contributed by atoms with van der Waals surface area (Å²) in [6.07, 6.45) is 5.65. The molecule has 2 fully saturated rings. The van der Waals surface area contributed by atoms with Crippen molar-refractivity contribution in [2.75, 3.05) is 26.2 Å². The van der Waals surface area contributed by atoms with Crippen LogP contribution in [0.2, 0.25) is 0 Å².